The van der Waals surface area contributed by atoms with Gasteiger partial charge in [0.05, 0.1) is 11.3 Å². The number of aromatic carboxylic acids is 1. The van der Waals surface area contributed by atoms with Crippen LogP contribution in [0.5, 0.6) is 0 Å². The number of hydrogen-bond donors (Lipinski definition) is 3. The molecule has 0 aliphatic heterocycles. The Kier molecular flexibility index (Phi) is 6.17. The van der Waals surface area contributed by atoms with Gasteiger partial charge in [-0.05, 0) is 30.5 Å². The van der Waals surface area contributed by atoms with Crippen LogP contribution in [0, 0.1) is 5.92 Å². The molecule has 0 saturated carbocycles. The van der Waals surface area contributed by atoms with Gasteiger partial charge in [0.1, 0.15) is 4.90 Å². The minimum Gasteiger partial charge on any atom is -0.478 e. The van der Waals surface area contributed by atoms with Crippen molar-refractivity contribution in [3.8, 4) is 0 Å². The van der Waals surface area contributed by atoms with E-state index in [4.69, 9.17) is 5.11 Å². The van der Waals surface area contributed by atoms with Crippen molar-refractivity contribution in [1.82, 2.24) is 4.72 Å². The Morgan fingerprint density at radius 2 is 2.00 bits per heavy atom. The molecule has 1 rings (SSSR count). The summed E-state index contributed by atoms with van der Waals surface area (Å²) in [6, 6.07) is 4.06. The van der Waals surface area contributed by atoms with Crippen LogP contribution in [0.25, 0.3) is 0 Å². The number of benzene rings is 1. The van der Waals surface area contributed by atoms with Crippen LogP contribution in [0.4, 0.5) is 5.69 Å². The van der Waals surface area contributed by atoms with Gasteiger partial charge in [-0.15, -0.1) is 0 Å². The molecule has 0 bridgehead atoms. The molecule has 21 heavy (non-hydrogen) atoms. The van der Waals surface area contributed by atoms with Crippen LogP contribution in [0.1, 0.15) is 37.6 Å². The molecule has 0 atom stereocenters. The molecule has 6 nitrogen and oxygen atoms in total. The SMILES string of the molecule is CCCNc1ccc(C(=O)O)cc1S(=O)(=O)NCC(C)C. The highest BCUT2D eigenvalue weighted by atomic mass is 32.2. The van der Waals surface area contributed by atoms with E-state index in [0.29, 0.717) is 18.8 Å². The highest BCUT2D eigenvalue weighted by Crippen LogP contribution is 2.23. The summed E-state index contributed by atoms with van der Waals surface area (Å²) in [5, 5.41) is 12.0. The summed E-state index contributed by atoms with van der Waals surface area (Å²) in [5.41, 5.74) is 0.361. The lowest BCUT2D eigenvalue weighted by molar-refractivity contribution is 0.0696. The van der Waals surface area contributed by atoms with Gasteiger partial charge in [-0.1, -0.05) is 20.8 Å². The summed E-state index contributed by atoms with van der Waals surface area (Å²) >= 11 is 0. The van der Waals surface area contributed by atoms with Gasteiger partial charge in [-0.3, -0.25) is 0 Å². The quantitative estimate of drug-likeness (QED) is 0.683. The second-order valence-electron chi connectivity index (χ2n) is 5.19. The second kappa shape index (κ2) is 7.42. The van der Waals surface area contributed by atoms with Crippen LogP contribution in [0.3, 0.4) is 0 Å². The van der Waals surface area contributed by atoms with E-state index in [1.54, 1.807) is 0 Å². The first-order valence-electron chi connectivity index (χ1n) is 6.88. The molecule has 0 aliphatic carbocycles. The van der Waals surface area contributed by atoms with E-state index in [1.165, 1.54) is 18.2 Å². The highest BCUT2D eigenvalue weighted by molar-refractivity contribution is 7.89. The molecule has 7 heteroatoms. The van der Waals surface area contributed by atoms with Crippen molar-refractivity contribution < 1.29 is 18.3 Å². The van der Waals surface area contributed by atoms with Crippen molar-refractivity contribution >= 4 is 21.7 Å². The zero-order valence-corrected chi connectivity index (χ0v) is 13.3. The number of hydrogen-bond acceptors (Lipinski definition) is 4. The molecule has 0 aromatic heterocycles. The van der Waals surface area contributed by atoms with Gasteiger partial charge in [-0.2, -0.15) is 0 Å². The molecule has 0 unspecified atom stereocenters. The van der Waals surface area contributed by atoms with Crippen LogP contribution >= 0.6 is 0 Å². The number of nitrogens with one attached hydrogen (secondary N) is 2. The van der Waals surface area contributed by atoms with Gasteiger partial charge in [0.25, 0.3) is 0 Å². The summed E-state index contributed by atoms with van der Waals surface area (Å²) in [6.07, 6.45) is 0.833. The fourth-order valence-corrected chi connectivity index (χ4v) is 3.06. The van der Waals surface area contributed by atoms with E-state index < -0.39 is 16.0 Å². The third-order valence-electron chi connectivity index (χ3n) is 2.77. The number of carboxylic acid groups (broad SMARTS) is 1. The second-order valence-corrected chi connectivity index (χ2v) is 6.92. The molecule has 3 N–H and O–H groups in total. The number of carbonyl (C=O) groups is 1. The minimum atomic E-state index is -3.75. The molecular weight excluding hydrogens is 292 g/mol. The summed E-state index contributed by atoms with van der Waals surface area (Å²) in [7, 11) is -3.75. The Bertz CT molecular complexity index is 597. The normalized spacial score (nSPS) is 11.6. The lowest BCUT2D eigenvalue weighted by Gasteiger charge is -2.14. The minimum absolute atomic E-state index is 0.0310. The Hall–Kier alpha value is -1.60. The maximum absolute atomic E-state index is 12.4. The molecule has 0 heterocycles. The zero-order chi connectivity index (χ0) is 16.0. The summed E-state index contributed by atoms with van der Waals surface area (Å²) in [4.78, 5) is 11.0. The van der Waals surface area contributed by atoms with Crippen LogP contribution in [0.15, 0.2) is 23.1 Å². The van der Waals surface area contributed by atoms with E-state index in [-0.39, 0.29) is 16.4 Å². The molecule has 0 aliphatic rings. The van der Waals surface area contributed by atoms with Crippen molar-refractivity contribution in [1.29, 1.82) is 0 Å². The standard InChI is InChI=1S/C14H22N2O4S/c1-4-7-15-12-6-5-11(14(17)18)8-13(12)21(19,20)16-9-10(2)3/h5-6,8,10,15-16H,4,7,9H2,1-3H3,(H,17,18). The number of sulfonamides is 1. The third kappa shape index (κ3) is 5.02. The molecule has 1 aromatic rings. The Morgan fingerprint density at radius 3 is 2.52 bits per heavy atom. The van der Waals surface area contributed by atoms with Crippen LogP contribution in [-0.2, 0) is 10.0 Å². The lowest BCUT2D eigenvalue weighted by atomic mass is 10.2. The van der Waals surface area contributed by atoms with Gasteiger partial charge >= 0.3 is 5.97 Å². The van der Waals surface area contributed by atoms with Crippen molar-refractivity contribution in [3.63, 3.8) is 0 Å². The van der Waals surface area contributed by atoms with Gasteiger partial charge in [0, 0.05) is 13.1 Å². The van der Waals surface area contributed by atoms with E-state index in [9.17, 15) is 13.2 Å². The molecule has 1 aromatic carbocycles. The predicted octanol–water partition coefficient (Wildman–Crippen LogP) is 2.14. The smallest absolute Gasteiger partial charge is 0.335 e. The average Bonchev–Trinajstić information content (AvgIpc) is 2.42. The van der Waals surface area contributed by atoms with Gasteiger partial charge < -0.3 is 10.4 Å². The van der Waals surface area contributed by atoms with Crippen LogP contribution < -0.4 is 10.0 Å². The summed E-state index contributed by atoms with van der Waals surface area (Å²) in [6.45, 7) is 6.66. The van der Waals surface area contributed by atoms with Crippen molar-refractivity contribution in [3.05, 3.63) is 23.8 Å². The Labute approximate surface area is 125 Å². The predicted molar refractivity (Wildman–Crippen MR) is 82.2 cm³/mol. The number of carboxylic acids is 1. The van der Waals surface area contributed by atoms with E-state index in [1.807, 2.05) is 20.8 Å². The molecular formula is C14H22N2O4S. The fourth-order valence-electron chi connectivity index (χ4n) is 1.64. The Morgan fingerprint density at radius 1 is 1.33 bits per heavy atom. The molecule has 0 saturated heterocycles. The highest BCUT2D eigenvalue weighted by Gasteiger charge is 2.20. The Balaban J connectivity index is 3.21. The molecule has 0 spiro atoms. The first-order chi connectivity index (χ1) is 9.77. The van der Waals surface area contributed by atoms with Crippen molar-refractivity contribution in [2.75, 3.05) is 18.4 Å². The first-order valence-corrected chi connectivity index (χ1v) is 8.37. The maximum Gasteiger partial charge on any atom is 0.335 e. The maximum atomic E-state index is 12.4. The zero-order valence-electron chi connectivity index (χ0n) is 12.5. The van der Waals surface area contributed by atoms with Gasteiger partial charge in [0.15, 0.2) is 0 Å². The number of rotatable bonds is 8. The number of anilines is 1. The van der Waals surface area contributed by atoms with Crippen molar-refractivity contribution in [2.45, 2.75) is 32.1 Å². The third-order valence-corrected chi connectivity index (χ3v) is 4.23. The van der Waals surface area contributed by atoms with Gasteiger partial charge in [0.2, 0.25) is 10.0 Å². The largest absolute Gasteiger partial charge is 0.478 e. The van der Waals surface area contributed by atoms with E-state index >= 15 is 0 Å². The molecule has 0 amide bonds. The lowest BCUT2D eigenvalue weighted by Crippen LogP contribution is -2.28. The van der Waals surface area contributed by atoms with Crippen molar-refractivity contribution in [2.24, 2.45) is 5.92 Å². The van der Waals surface area contributed by atoms with E-state index in [2.05, 4.69) is 10.0 Å². The summed E-state index contributed by atoms with van der Waals surface area (Å²) < 4.78 is 27.2. The first kappa shape index (κ1) is 17.5. The monoisotopic (exact) mass is 314 g/mol. The average molecular weight is 314 g/mol. The molecule has 0 radical (unpaired) electrons. The molecule has 118 valence electrons. The van der Waals surface area contributed by atoms with E-state index in [0.717, 1.165) is 6.42 Å². The fraction of sp³-hybridized carbons (Fsp3) is 0.500. The molecule has 0 fully saturated rings. The van der Waals surface area contributed by atoms with Gasteiger partial charge in [-0.25, -0.2) is 17.9 Å². The summed E-state index contributed by atoms with van der Waals surface area (Å²) in [5.74, 6) is -0.994. The van der Waals surface area contributed by atoms with Crippen LogP contribution in [-0.4, -0.2) is 32.6 Å². The topological polar surface area (TPSA) is 95.5 Å². The van der Waals surface area contributed by atoms with Crippen LogP contribution in [0.2, 0.25) is 0 Å².